The molecule has 0 aromatic carbocycles. The Hall–Kier alpha value is -0.790. The van der Waals surface area contributed by atoms with Crippen molar-refractivity contribution < 1.29 is 0 Å². The van der Waals surface area contributed by atoms with Crippen LogP contribution in [0.2, 0.25) is 0 Å². The maximum absolute atomic E-state index is 4.37. The average molecular weight is 178 g/mol. The molecule has 0 bridgehead atoms. The molecule has 72 valence electrons. The molecule has 1 heterocycles. The molecule has 1 aliphatic rings. The molecular formula is C11H18N2. The van der Waals surface area contributed by atoms with Crippen LogP contribution in [0.25, 0.3) is 0 Å². The van der Waals surface area contributed by atoms with E-state index in [4.69, 9.17) is 0 Å². The molecule has 2 rings (SSSR count). The van der Waals surface area contributed by atoms with Gasteiger partial charge in [-0.2, -0.15) is 5.10 Å². The lowest BCUT2D eigenvalue weighted by Gasteiger charge is -2.07. The fourth-order valence-corrected chi connectivity index (χ4v) is 2.15. The fraction of sp³-hybridized carbons (Fsp3) is 0.727. The molecule has 1 aromatic heterocycles. The molecule has 13 heavy (non-hydrogen) atoms. The van der Waals surface area contributed by atoms with Crippen molar-refractivity contribution in [3.63, 3.8) is 0 Å². The topological polar surface area (TPSA) is 17.8 Å². The molecule has 0 aliphatic heterocycles. The molecule has 0 amide bonds. The van der Waals surface area contributed by atoms with Crippen molar-refractivity contribution in [2.24, 2.45) is 5.92 Å². The van der Waals surface area contributed by atoms with E-state index in [1.165, 1.54) is 31.2 Å². The molecule has 2 heteroatoms. The monoisotopic (exact) mass is 178 g/mol. The van der Waals surface area contributed by atoms with Crippen molar-refractivity contribution in [2.75, 3.05) is 0 Å². The van der Waals surface area contributed by atoms with Crippen LogP contribution in [0.4, 0.5) is 0 Å². The summed E-state index contributed by atoms with van der Waals surface area (Å²) in [6.07, 6.45) is 10.9. The van der Waals surface area contributed by atoms with Crippen LogP contribution in [0.15, 0.2) is 12.4 Å². The Morgan fingerprint density at radius 3 is 2.85 bits per heavy atom. The van der Waals surface area contributed by atoms with Gasteiger partial charge in [0.15, 0.2) is 0 Å². The molecule has 0 N–H and O–H groups in total. The van der Waals surface area contributed by atoms with E-state index in [1.54, 1.807) is 0 Å². The maximum Gasteiger partial charge on any atom is 0.0521 e. The smallest absolute Gasteiger partial charge is 0.0521 e. The Balaban J connectivity index is 1.92. The largest absolute Gasteiger partial charge is 0.272 e. The molecule has 1 aliphatic carbocycles. The van der Waals surface area contributed by atoms with E-state index in [1.807, 2.05) is 6.20 Å². The van der Waals surface area contributed by atoms with E-state index >= 15 is 0 Å². The number of rotatable bonds is 3. The van der Waals surface area contributed by atoms with Crippen LogP contribution in [-0.2, 0) is 13.0 Å². The molecular weight excluding hydrogens is 160 g/mol. The highest BCUT2D eigenvalue weighted by Crippen LogP contribution is 2.25. The van der Waals surface area contributed by atoms with Gasteiger partial charge in [0.2, 0.25) is 0 Å². The first-order chi connectivity index (χ1) is 6.38. The van der Waals surface area contributed by atoms with Gasteiger partial charge in [0.05, 0.1) is 6.20 Å². The second-order valence-electron chi connectivity index (χ2n) is 4.07. The second-order valence-corrected chi connectivity index (χ2v) is 4.07. The number of aryl methyl sites for hydroxylation is 1. The molecule has 0 radical (unpaired) electrons. The Morgan fingerprint density at radius 1 is 1.46 bits per heavy atom. The zero-order valence-electron chi connectivity index (χ0n) is 8.37. The number of aromatic nitrogens is 2. The third-order valence-corrected chi connectivity index (χ3v) is 3.01. The summed E-state index contributed by atoms with van der Waals surface area (Å²) < 4.78 is 2.12. The van der Waals surface area contributed by atoms with Gasteiger partial charge in [0, 0.05) is 12.7 Å². The molecule has 1 fully saturated rings. The van der Waals surface area contributed by atoms with Crippen LogP contribution in [0.3, 0.4) is 0 Å². The van der Waals surface area contributed by atoms with E-state index in [-0.39, 0.29) is 0 Å². The van der Waals surface area contributed by atoms with E-state index in [2.05, 4.69) is 22.9 Å². The second kappa shape index (κ2) is 3.95. The summed E-state index contributed by atoms with van der Waals surface area (Å²) in [5, 5.41) is 4.37. The molecule has 0 unspecified atom stereocenters. The summed E-state index contributed by atoms with van der Waals surface area (Å²) in [6.45, 7) is 3.32. The summed E-state index contributed by atoms with van der Waals surface area (Å²) in [6, 6.07) is 0. The summed E-state index contributed by atoms with van der Waals surface area (Å²) in [7, 11) is 0. The highest BCUT2D eigenvalue weighted by atomic mass is 15.3. The van der Waals surface area contributed by atoms with Crippen LogP contribution < -0.4 is 0 Å². The minimum atomic E-state index is 0.893. The first-order valence-electron chi connectivity index (χ1n) is 5.40. The van der Waals surface area contributed by atoms with E-state index < -0.39 is 0 Å². The molecule has 2 nitrogen and oxygen atoms in total. The van der Waals surface area contributed by atoms with Crippen molar-refractivity contribution in [1.82, 2.24) is 9.78 Å². The SMILES string of the molecule is CCc1cnn(CC2CCCC2)c1. The van der Waals surface area contributed by atoms with Crippen LogP contribution in [0, 0.1) is 5.92 Å². The van der Waals surface area contributed by atoms with Gasteiger partial charge >= 0.3 is 0 Å². The van der Waals surface area contributed by atoms with Gasteiger partial charge in [-0.05, 0) is 30.7 Å². The Labute approximate surface area is 80.0 Å². The first kappa shape index (κ1) is 8.79. The summed E-state index contributed by atoms with van der Waals surface area (Å²) >= 11 is 0. The summed E-state index contributed by atoms with van der Waals surface area (Å²) in [4.78, 5) is 0. The van der Waals surface area contributed by atoms with Crippen LogP contribution in [0.1, 0.15) is 38.2 Å². The summed E-state index contributed by atoms with van der Waals surface area (Å²) in [5.41, 5.74) is 1.36. The third-order valence-electron chi connectivity index (χ3n) is 3.01. The quantitative estimate of drug-likeness (QED) is 0.695. The van der Waals surface area contributed by atoms with Gasteiger partial charge in [-0.15, -0.1) is 0 Å². The van der Waals surface area contributed by atoms with Gasteiger partial charge < -0.3 is 0 Å². The minimum Gasteiger partial charge on any atom is -0.272 e. The van der Waals surface area contributed by atoms with Crippen molar-refractivity contribution >= 4 is 0 Å². The Bertz CT molecular complexity index is 259. The van der Waals surface area contributed by atoms with E-state index in [0.717, 1.165) is 18.9 Å². The van der Waals surface area contributed by atoms with E-state index in [9.17, 15) is 0 Å². The lowest BCUT2D eigenvalue weighted by atomic mass is 10.1. The Kier molecular flexibility index (Phi) is 2.67. The molecule has 0 saturated heterocycles. The average Bonchev–Trinajstić information content (AvgIpc) is 2.76. The Morgan fingerprint density at radius 2 is 2.23 bits per heavy atom. The predicted octanol–water partition coefficient (Wildman–Crippen LogP) is 2.64. The van der Waals surface area contributed by atoms with Gasteiger partial charge in [-0.25, -0.2) is 0 Å². The lowest BCUT2D eigenvalue weighted by molar-refractivity contribution is 0.429. The lowest BCUT2D eigenvalue weighted by Crippen LogP contribution is -2.07. The number of hydrogen-bond donors (Lipinski definition) is 0. The van der Waals surface area contributed by atoms with Gasteiger partial charge in [-0.3, -0.25) is 4.68 Å². The number of hydrogen-bond acceptors (Lipinski definition) is 1. The van der Waals surface area contributed by atoms with Crippen molar-refractivity contribution in [1.29, 1.82) is 0 Å². The standard InChI is InChI=1S/C11H18N2/c1-2-10-7-12-13(8-10)9-11-5-3-4-6-11/h7-8,11H,2-6,9H2,1H3. The molecule has 0 atom stereocenters. The first-order valence-corrected chi connectivity index (χ1v) is 5.40. The summed E-state index contributed by atoms with van der Waals surface area (Å²) in [5.74, 6) is 0.893. The molecule has 1 aromatic rings. The van der Waals surface area contributed by atoms with Gasteiger partial charge in [-0.1, -0.05) is 19.8 Å². The van der Waals surface area contributed by atoms with Crippen LogP contribution in [0.5, 0.6) is 0 Å². The third kappa shape index (κ3) is 2.11. The number of nitrogens with zero attached hydrogens (tertiary/aromatic N) is 2. The van der Waals surface area contributed by atoms with Crippen molar-refractivity contribution in [3.05, 3.63) is 18.0 Å². The predicted molar refractivity (Wildman–Crippen MR) is 53.6 cm³/mol. The highest BCUT2D eigenvalue weighted by Gasteiger charge is 2.15. The maximum atomic E-state index is 4.37. The van der Waals surface area contributed by atoms with Crippen molar-refractivity contribution in [3.8, 4) is 0 Å². The van der Waals surface area contributed by atoms with Gasteiger partial charge in [0.1, 0.15) is 0 Å². The fourth-order valence-electron chi connectivity index (χ4n) is 2.15. The van der Waals surface area contributed by atoms with E-state index in [0.29, 0.717) is 0 Å². The molecule has 0 spiro atoms. The van der Waals surface area contributed by atoms with Crippen LogP contribution >= 0.6 is 0 Å². The highest BCUT2D eigenvalue weighted by molar-refractivity contribution is 5.02. The molecule has 1 saturated carbocycles. The minimum absolute atomic E-state index is 0.893. The van der Waals surface area contributed by atoms with Gasteiger partial charge in [0.25, 0.3) is 0 Å². The zero-order chi connectivity index (χ0) is 9.10. The zero-order valence-corrected chi connectivity index (χ0v) is 8.37. The van der Waals surface area contributed by atoms with Crippen LogP contribution in [-0.4, -0.2) is 9.78 Å². The van der Waals surface area contributed by atoms with Crippen molar-refractivity contribution in [2.45, 2.75) is 45.6 Å². The normalized spacial score (nSPS) is 18.2.